The molecule has 1 unspecified atom stereocenters. The molecule has 2 aliphatic heterocycles. The number of amides is 1. The molecule has 1 fully saturated rings. The minimum Gasteiger partial charge on any atom is -0.384 e. The zero-order valence-corrected chi connectivity index (χ0v) is 13.5. The third kappa shape index (κ3) is 2.89. The molecule has 1 aromatic rings. The van der Waals surface area contributed by atoms with Crippen molar-refractivity contribution in [2.75, 3.05) is 36.2 Å². The van der Waals surface area contributed by atoms with E-state index in [0.29, 0.717) is 17.9 Å². The van der Waals surface area contributed by atoms with Gasteiger partial charge in [0, 0.05) is 42.1 Å². The number of hydrogen-bond donors (Lipinski definition) is 1. The van der Waals surface area contributed by atoms with Gasteiger partial charge in [-0.3, -0.25) is 4.79 Å². The lowest BCUT2D eigenvalue weighted by Gasteiger charge is -2.34. The van der Waals surface area contributed by atoms with E-state index in [-0.39, 0.29) is 5.91 Å². The highest BCUT2D eigenvalue weighted by atomic mass is 32.2. The highest BCUT2D eigenvalue weighted by molar-refractivity contribution is 8.00. The van der Waals surface area contributed by atoms with Crippen LogP contribution in [0.5, 0.6) is 0 Å². The minimum atomic E-state index is -3.27. The van der Waals surface area contributed by atoms with Crippen LogP contribution in [0.4, 0.5) is 5.69 Å². The lowest BCUT2D eigenvalue weighted by molar-refractivity contribution is 0.0749. The van der Waals surface area contributed by atoms with Crippen molar-refractivity contribution in [1.29, 1.82) is 0 Å². The molecule has 1 amide bonds. The van der Waals surface area contributed by atoms with Gasteiger partial charge < -0.3 is 10.2 Å². The van der Waals surface area contributed by atoms with Gasteiger partial charge in [0.1, 0.15) is 5.37 Å². The van der Waals surface area contributed by atoms with Gasteiger partial charge in [-0.2, -0.15) is 11.8 Å². The summed E-state index contributed by atoms with van der Waals surface area (Å²) in [6.07, 6.45) is 2.17. The molecule has 0 aliphatic carbocycles. The number of thioether (sulfide) groups is 1. The van der Waals surface area contributed by atoms with E-state index in [2.05, 4.69) is 5.32 Å². The SMILES string of the molecule is CS(=O)(=O)C1CSCCN1C(=O)c1ccc2c(c1)NCC2. The Morgan fingerprint density at radius 1 is 1.43 bits per heavy atom. The van der Waals surface area contributed by atoms with Gasteiger partial charge >= 0.3 is 0 Å². The largest absolute Gasteiger partial charge is 0.384 e. The Kier molecular flexibility index (Phi) is 3.88. The number of sulfone groups is 1. The van der Waals surface area contributed by atoms with Gasteiger partial charge in [-0.25, -0.2) is 8.42 Å². The molecule has 114 valence electrons. The Morgan fingerprint density at radius 3 is 3.00 bits per heavy atom. The van der Waals surface area contributed by atoms with Gasteiger partial charge in [-0.15, -0.1) is 0 Å². The molecule has 0 saturated carbocycles. The van der Waals surface area contributed by atoms with Crippen molar-refractivity contribution in [3.8, 4) is 0 Å². The van der Waals surface area contributed by atoms with Gasteiger partial charge in [0.05, 0.1) is 0 Å². The van der Waals surface area contributed by atoms with E-state index in [9.17, 15) is 13.2 Å². The average molecular weight is 326 g/mol. The first-order valence-electron chi connectivity index (χ1n) is 6.91. The van der Waals surface area contributed by atoms with E-state index in [4.69, 9.17) is 0 Å². The zero-order chi connectivity index (χ0) is 15.0. The lowest BCUT2D eigenvalue weighted by atomic mass is 10.1. The molecule has 1 atom stereocenters. The van der Waals surface area contributed by atoms with Crippen LogP contribution in [0.15, 0.2) is 18.2 Å². The van der Waals surface area contributed by atoms with Crippen molar-refractivity contribution in [2.24, 2.45) is 0 Å². The summed E-state index contributed by atoms with van der Waals surface area (Å²) in [5.41, 5.74) is 2.76. The van der Waals surface area contributed by atoms with Gasteiger partial charge in [0.2, 0.25) is 0 Å². The molecule has 0 radical (unpaired) electrons. The van der Waals surface area contributed by atoms with Crippen molar-refractivity contribution in [3.05, 3.63) is 29.3 Å². The summed E-state index contributed by atoms with van der Waals surface area (Å²) < 4.78 is 23.8. The summed E-state index contributed by atoms with van der Waals surface area (Å²) >= 11 is 1.58. The molecule has 3 rings (SSSR count). The van der Waals surface area contributed by atoms with E-state index >= 15 is 0 Å². The first-order chi connectivity index (χ1) is 9.97. The van der Waals surface area contributed by atoms with Crippen LogP contribution >= 0.6 is 11.8 Å². The van der Waals surface area contributed by atoms with E-state index in [1.54, 1.807) is 17.8 Å². The fourth-order valence-corrected chi connectivity index (χ4v) is 5.57. The van der Waals surface area contributed by atoms with Crippen LogP contribution in [0.2, 0.25) is 0 Å². The van der Waals surface area contributed by atoms with Crippen LogP contribution in [0.3, 0.4) is 0 Å². The molecule has 0 aromatic heterocycles. The number of rotatable bonds is 2. The molecule has 2 heterocycles. The van der Waals surface area contributed by atoms with Crippen molar-refractivity contribution in [2.45, 2.75) is 11.8 Å². The van der Waals surface area contributed by atoms with E-state index in [0.717, 1.165) is 24.4 Å². The molecule has 21 heavy (non-hydrogen) atoms. The molecular formula is C14H18N2O3S2. The maximum Gasteiger partial charge on any atom is 0.255 e. The van der Waals surface area contributed by atoms with Crippen molar-refractivity contribution in [3.63, 3.8) is 0 Å². The highest BCUT2D eigenvalue weighted by Gasteiger charge is 2.34. The average Bonchev–Trinajstić information content (AvgIpc) is 2.93. The molecule has 1 N–H and O–H groups in total. The second-order valence-electron chi connectivity index (χ2n) is 5.41. The van der Waals surface area contributed by atoms with E-state index in [1.807, 2.05) is 12.1 Å². The highest BCUT2D eigenvalue weighted by Crippen LogP contribution is 2.26. The number of benzene rings is 1. The first-order valence-corrected chi connectivity index (χ1v) is 10.0. The predicted molar refractivity (Wildman–Crippen MR) is 85.6 cm³/mol. The standard InChI is InChI=1S/C14H18N2O3S2/c1-21(18,19)13-9-20-7-6-16(13)14(17)11-3-2-10-4-5-15-12(10)8-11/h2-3,8,13,15H,4-7,9H2,1H3. The molecule has 7 heteroatoms. The fourth-order valence-electron chi connectivity index (χ4n) is 2.76. The van der Waals surface area contributed by atoms with E-state index < -0.39 is 15.2 Å². The summed E-state index contributed by atoms with van der Waals surface area (Å²) in [5, 5.41) is 2.53. The third-order valence-electron chi connectivity index (χ3n) is 3.91. The number of nitrogens with zero attached hydrogens (tertiary/aromatic N) is 1. The maximum atomic E-state index is 12.7. The number of nitrogens with one attached hydrogen (secondary N) is 1. The van der Waals surface area contributed by atoms with Gasteiger partial charge in [-0.1, -0.05) is 6.07 Å². The molecule has 1 aromatic carbocycles. The fraction of sp³-hybridized carbons (Fsp3) is 0.500. The normalized spacial score (nSPS) is 21.8. The molecule has 2 aliphatic rings. The maximum absolute atomic E-state index is 12.7. The van der Waals surface area contributed by atoms with Gasteiger partial charge in [0.15, 0.2) is 9.84 Å². The van der Waals surface area contributed by atoms with Gasteiger partial charge in [-0.05, 0) is 24.1 Å². The predicted octanol–water partition coefficient (Wildman–Crippen LogP) is 1.21. The summed E-state index contributed by atoms with van der Waals surface area (Å²) in [7, 11) is -3.27. The van der Waals surface area contributed by atoms with E-state index in [1.165, 1.54) is 16.7 Å². The minimum absolute atomic E-state index is 0.192. The Bertz CT molecular complexity index is 673. The van der Waals surface area contributed by atoms with Crippen molar-refractivity contribution < 1.29 is 13.2 Å². The molecule has 0 bridgehead atoms. The van der Waals surface area contributed by atoms with Crippen LogP contribution in [-0.4, -0.2) is 55.4 Å². The van der Waals surface area contributed by atoms with Crippen LogP contribution in [0, 0.1) is 0 Å². The number of anilines is 1. The first kappa shape index (κ1) is 14.7. The Balaban J connectivity index is 1.89. The smallest absolute Gasteiger partial charge is 0.255 e. The number of carbonyl (C=O) groups excluding carboxylic acids is 1. The molecule has 1 saturated heterocycles. The van der Waals surface area contributed by atoms with Gasteiger partial charge in [0.25, 0.3) is 5.91 Å². The third-order valence-corrected chi connectivity index (χ3v) is 6.55. The monoisotopic (exact) mass is 326 g/mol. The Hall–Kier alpha value is -1.21. The lowest BCUT2D eigenvalue weighted by Crippen LogP contribution is -2.49. The summed E-state index contributed by atoms with van der Waals surface area (Å²) in [5.74, 6) is 1.04. The van der Waals surface area contributed by atoms with Crippen LogP contribution in [0.25, 0.3) is 0 Å². The Morgan fingerprint density at radius 2 is 2.24 bits per heavy atom. The van der Waals surface area contributed by atoms with Crippen molar-refractivity contribution >= 4 is 33.2 Å². The number of hydrogen-bond acceptors (Lipinski definition) is 5. The second-order valence-corrected chi connectivity index (χ2v) is 8.76. The second kappa shape index (κ2) is 5.53. The number of carbonyl (C=O) groups is 1. The van der Waals surface area contributed by atoms with Crippen LogP contribution in [0.1, 0.15) is 15.9 Å². The Labute approximate surface area is 129 Å². The molecular weight excluding hydrogens is 308 g/mol. The van der Waals surface area contributed by atoms with Crippen LogP contribution in [-0.2, 0) is 16.3 Å². The summed E-state index contributed by atoms with van der Waals surface area (Å²) in [6, 6.07) is 5.59. The number of fused-ring (bicyclic) bond motifs is 1. The summed E-state index contributed by atoms with van der Waals surface area (Å²) in [4.78, 5) is 14.2. The topological polar surface area (TPSA) is 66.5 Å². The molecule has 5 nitrogen and oxygen atoms in total. The zero-order valence-electron chi connectivity index (χ0n) is 11.8. The quantitative estimate of drug-likeness (QED) is 0.885. The molecule has 0 spiro atoms. The van der Waals surface area contributed by atoms with Crippen molar-refractivity contribution in [1.82, 2.24) is 4.90 Å². The summed E-state index contributed by atoms with van der Waals surface area (Å²) in [6.45, 7) is 1.37. The van der Waals surface area contributed by atoms with Crippen LogP contribution < -0.4 is 5.32 Å².